The minimum absolute atomic E-state index is 0.257. The summed E-state index contributed by atoms with van der Waals surface area (Å²) in [6.45, 7) is 0. The third-order valence-electron chi connectivity index (χ3n) is 2.69. The average molecular weight is 208 g/mol. The lowest BCUT2D eigenvalue weighted by atomic mass is 10.0. The van der Waals surface area contributed by atoms with Crippen LogP contribution in [0.25, 0.3) is 22.0 Å². The summed E-state index contributed by atoms with van der Waals surface area (Å²) in [6, 6.07) is 16.3. The van der Waals surface area contributed by atoms with Gasteiger partial charge < -0.3 is 10.1 Å². The first kappa shape index (κ1) is 9.04. The number of rotatable bonds is 1. The topological polar surface area (TPSA) is 36.0 Å². The van der Waals surface area contributed by atoms with E-state index in [0.29, 0.717) is 0 Å². The molecule has 16 heavy (non-hydrogen) atoms. The van der Waals surface area contributed by atoms with Crippen molar-refractivity contribution in [2.75, 3.05) is 0 Å². The molecule has 0 aliphatic rings. The third kappa shape index (κ3) is 1.27. The maximum Gasteiger partial charge on any atom is 0.124 e. The molecular weight excluding hydrogens is 198 g/mol. The largest absolute Gasteiger partial charge is 0.507 e. The van der Waals surface area contributed by atoms with Gasteiger partial charge in [0.15, 0.2) is 0 Å². The van der Waals surface area contributed by atoms with Crippen molar-refractivity contribution in [1.82, 2.24) is 4.98 Å². The van der Waals surface area contributed by atoms with E-state index in [0.717, 1.165) is 22.0 Å². The van der Waals surface area contributed by atoms with Gasteiger partial charge in [-0.05, 0) is 18.2 Å². The molecule has 1 aromatic heterocycles. The number of phenols is 1. The molecule has 2 nitrogen and oxygen atoms in total. The van der Waals surface area contributed by atoms with Crippen LogP contribution in [0, 0.1) is 6.07 Å². The van der Waals surface area contributed by atoms with Gasteiger partial charge in [-0.25, -0.2) is 0 Å². The molecule has 0 bridgehead atoms. The predicted molar refractivity (Wildman–Crippen MR) is 64.2 cm³/mol. The lowest BCUT2D eigenvalue weighted by molar-refractivity contribution is 0.477. The van der Waals surface area contributed by atoms with Gasteiger partial charge in [-0.1, -0.05) is 30.3 Å². The zero-order chi connectivity index (χ0) is 11.0. The van der Waals surface area contributed by atoms with Crippen LogP contribution in [-0.2, 0) is 0 Å². The Morgan fingerprint density at radius 3 is 2.81 bits per heavy atom. The molecule has 2 heteroatoms. The second-order valence-electron chi connectivity index (χ2n) is 3.68. The SMILES string of the molecule is Oc1ccc[c]c1-c1c[nH]c2ccccc12. The molecule has 0 spiro atoms. The first-order valence-electron chi connectivity index (χ1n) is 5.12. The summed E-state index contributed by atoms with van der Waals surface area (Å²) in [5.74, 6) is 0.257. The summed E-state index contributed by atoms with van der Waals surface area (Å²) in [5, 5.41) is 10.9. The van der Waals surface area contributed by atoms with Crippen LogP contribution in [0.3, 0.4) is 0 Å². The molecule has 0 saturated carbocycles. The Balaban J connectivity index is 2.31. The van der Waals surface area contributed by atoms with Crippen LogP contribution >= 0.6 is 0 Å². The van der Waals surface area contributed by atoms with Crippen LogP contribution in [0.5, 0.6) is 5.75 Å². The number of benzene rings is 2. The number of fused-ring (bicyclic) bond motifs is 1. The maximum absolute atomic E-state index is 9.80. The molecule has 2 N–H and O–H groups in total. The minimum Gasteiger partial charge on any atom is -0.507 e. The Morgan fingerprint density at radius 1 is 1.06 bits per heavy atom. The highest BCUT2D eigenvalue weighted by Gasteiger charge is 2.08. The number of hydrogen-bond donors (Lipinski definition) is 2. The second-order valence-corrected chi connectivity index (χ2v) is 3.68. The van der Waals surface area contributed by atoms with Crippen LogP contribution in [0.15, 0.2) is 48.7 Å². The van der Waals surface area contributed by atoms with Crippen LogP contribution in [-0.4, -0.2) is 10.1 Å². The van der Waals surface area contributed by atoms with Gasteiger partial charge in [0.25, 0.3) is 0 Å². The fourth-order valence-electron chi connectivity index (χ4n) is 1.92. The minimum atomic E-state index is 0.257. The van der Waals surface area contributed by atoms with Gasteiger partial charge in [0.1, 0.15) is 5.75 Å². The van der Waals surface area contributed by atoms with Gasteiger partial charge in [-0.2, -0.15) is 0 Å². The zero-order valence-corrected chi connectivity index (χ0v) is 8.57. The number of phenolic OH excluding ortho intramolecular Hbond substituents is 1. The quantitative estimate of drug-likeness (QED) is 0.632. The number of aromatic amines is 1. The molecule has 0 atom stereocenters. The fraction of sp³-hybridized carbons (Fsp3) is 0. The van der Waals surface area contributed by atoms with E-state index in [4.69, 9.17) is 0 Å². The molecule has 1 radical (unpaired) electrons. The summed E-state index contributed by atoms with van der Waals surface area (Å²) < 4.78 is 0. The van der Waals surface area contributed by atoms with Gasteiger partial charge in [-0.15, -0.1) is 0 Å². The Morgan fingerprint density at radius 2 is 1.94 bits per heavy atom. The highest BCUT2D eigenvalue weighted by molar-refractivity contribution is 5.96. The summed E-state index contributed by atoms with van der Waals surface area (Å²) in [4.78, 5) is 3.18. The van der Waals surface area contributed by atoms with E-state index in [1.54, 1.807) is 18.2 Å². The van der Waals surface area contributed by atoms with Gasteiger partial charge in [-0.3, -0.25) is 0 Å². The van der Waals surface area contributed by atoms with Gasteiger partial charge >= 0.3 is 0 Å². The van der Waals surface area contributed by atoms with Gasteiger partial charge in [0.2, 0.25) is 0 Å². The molecule has 2 aromatic carbocycles. The third-order valence-corrected chi connectivity index (χ3v) is 2.69. The molecule has 0 aliphatic carbocycles. The first-order valence-corrected chi connectivity index (χ1v) is 5.12. The van der Waals surface area contributed by atoms with E-state index in [1.165, 1.54) is 0 Å². The number of aromatic hydroxyl groups is 1. The summed E-state index contributed by atoms with van der Waals surface area (Å²) in [6.07, 6.45) is 1.90. The Labute approximate surface area is 93.2 Å². The number of para-hydroxylation sites is 1. The van der Waals surface area contributed by atoms with Crippen LogP contribution in [0.2, 0.25) is 0 Å². The molecule has 77 valence electrons. The molecule has 1 heterocycles. The van der Waals surface area contributed by atoms with Crippen molar-refractivity contribution in [3.63, 3.8) is 0 Å². The normalized spacial score (nSPS) is 10.8. The van der Waals surface area contributed by atoms with E-state index < -0.39 is 0 Å². The Bertz CT molecular complexity index is 640. The van der Waals surface area contributed by atoms with E-state index in [9.17, 15) is 5.11 Å². The van der Waals surface area contributed by atoms with Crippen LogP contribution < -0.4 is 0 Å². The van der Waals surface area contributed by atoms with Crippen LogP contribution in [0.1, 0.15) is 0 Å². The van der Waals surface area contributed by atoms with E-state index in [1.807, 2.05) is 30.5 Å². The van der Waals surface area contributed by atoms with Crippen molar-refractivity contribution >= 4 is 10.9 Å². The monoisotopic (exact) mass is 208 g/mol. The fourth-order valence-corrected chi connectivity index (χ4v) is 1.92. The number of hydrogen-bond acceptors (Lipinski definition) is 1. The summed E-state index contributed by atoms with van der Waals surface area (Å²) in [5.41, 5.74) is 2.78. The maximum atomic E-state index is 9.80. The Hall–Kier alpha value is -2.22. The lowest BCUT2D eigenvalue weighted by Crippen LogP contribution is -1.76. The van der Waals surface area contributed by atoms with Gasteiger partial charge in [0.05, 0.1) is 0 Å². The summed E-state index contributed by atoms with van der Waals surface area (Å²) >= 11 is 0. The second kappa shape index (κ2) is 3.42. The molecule has 0 aliphatic heterocycles. The van der Waals surface area contributed by atoms with E-state index in [-0.39, 0.29) is 5.75 Å². The molecule has 0 unspecified atom stereocenters. The highest BCUT2D eigenvalue weighted by atomic mass is 16.3. The molecule has 0 saturated heterocycles. The summed E-state index contributed by atoms with van der Waals surface area (Å²) in [7, 11) is 0. The van der Waals surface area contributed by atoms with Crippen LogP contribution in [0.4, 0.5) is 0 Å². The zero-order valence-electron chi connectivity index (χ0n) is 8.57. The first-order chi connectivity index (χ1) is 7.86. The number of nitrogens with one attached hydrogen (secondary N) is 1. The number of aromatic nitrogens is 1. The Kier molecular flexibility index (Phi) is 1.93. The lowest BCUT2D eigenvalue weighted by Gasteiger charge is -2.01. The van der Waals surface area contributed by atoms with Gasteiger partial charge in [0, 0.05) is 28.2 Å². The number of H-pyrrole nitrogens is 1. The predicted octanol–water partition coefficient (Wildman–Crippen LogP) is 3.34. The smallest absolute Gasteiger partial charge is 0.124 e. The van der Waals surface area contributed by atoms with Crippen molar-refractivity contribution in [3.05, 3.63) is 54.7 Å². The van der Waals surface area contributed by atoms with E-state index >= 15 is 0 Å². The van der Waals surface area contributed by atoms with Crippen molar-refractivity contribution in [3.8, 4) is 16.9 Å². The molecule has 0 fully saturated rings. The van der Waals surface area contributed by atoms with E-state index in [2.05, 4.69) is 11.1 Å². The van der Waals surface area contributed by atoms with Crippen molar-refractivity contribution in [2.45, 2.75) is 0 Å². The van der Waals surface area contributed by atoms with Crippen molar-refractivity contribution < 1.29 is 5.11 Å². The standard InChI is InChI=1S/C14H10NO/c16-14-8-4-2-6-11(14)12-9-15-13-7-3-1-5-10(12)13/h1-5,7-9,15-16H. The molecule has 3 aromatic rings. The molecule has 3 rings (SSSR count). The molecular formula is C14H10NO. The highest BCUT2D eigenvalue weighted by Crippen LogP contribution is 2.33. The van der Waals surface area contributed by atoms with Crippen molar-refractivity contribution in [1.29, 1.82) is 0 Å². The van der Waals surface area contributed by atoms with Crippen molar-refractivity contribution in [2.24, 2.45) is 0 Å². The molecule has 0 amide bonds. The average Bonchev–Trinajstić information content (AvgIpc) is 2.74.